The maximum atomic E-state index is 5.73. The van der Waals surface area contributed by atoms with E-state index in [1.807, 2.05) is 0 Å². The molecule has 3 N–H and O–H groups in total. The third kappa shape index (κ3) is 8.65. The van der Waals surface area contributed by atoms with Crippen LogP contribution in [0.3, 0.4) is 0 Å². The van der Waals surface area contributed by atoms with Crippen molar-refractivity contribution in [3.05, 3.63) is 0 Å². The van der Waals surface area contributed by atoms with Crippen LogP contribution in [0.5, 0.6) is 0 Å². The lowest BCUT2D eigenvalue weighted by Gasteiger charge is -2.35. The molecule has 0 radical (unpaired) electrons. The van der Waals surface area contributed by atoms with Crippen molar-refractivity contribution in [2.24, 2.45) is 10.7 Å². The molecule has 0 amide bonds. The van der Waals surface area contributed by atoms with Crippen LogP contribution in [0.25, 0.3) is 0 Å². The van der Waals surface area contributed by atoms with Crippen LogP contribution in [-0.4, -0.2) is 55.8 Å². The number of hydrogen-bond donors (Lipinski definition) is 2. The Bertz CT molecular complexity index is 253. The number of rotatable bonds is 6. The number of ether oxygens (including phenoxy) is 1. The smallest absolute Gasteiger partial charge is 0.188 e. The van der Waals surface area contributed by atoms with Gasteiger partial charge in [0.25, 0.3) is 0 Å². The first-order valence-corrected chi connectivity index (χ1v) is 7.03. The summed E-state index contributed by atoms with van der Waals surface area (Å²) in [4.78, 5) is 6.66. The lowest BCUT2D eigenvalue weighted by atomic mass is 10.2. The molecule has 1 aliphatic rings. The normalized spacial score (nSPS) is 24.9. The van der Waals surface area contributed by atoms with Gasteiger partial charge in [0.15, 0.2) is 5.96 Å². The van der Waals surface area contributed by atoms with E-state index in [0.29, 0.717) is 18.2 Å². The maximum Gasteiger partial charge on any atom is 0.188 e. The van der Waals surface area contributed by atoms with Crippen molar-refractivity contribution in [2.45, 2.75) is 45.8 Å². The minimum atomic E-state index is 0. The number of hydrogen-bond acceptors (Lipinski definition) is 3. The molecule has 2 atom stereocenters. The maximum absolute atomic E-state index is 5.73. The Labute approximate surface area is 134 Å². The summed E-state index contributed by atoms with van der Waals surface area (Å²) in [5.41, 5.74) is 5.73. The standard InChI is InChI=1S/C13H28N4O.HI/c1-4-6-15-13(14)16-7-5-8-17-9-11(2)18-12(3)10-17;/h11-12H,4-10H2,1-3H3,(H3,14,15,16);1H. The van der Waals surface area contributed by atoms with Gasteiger partial charge in [-0.3, -0.25) is 9.89 Å². The average Bonchev–Trinajstić information content (AvgIpc) is 2.31. The number of nitrogens with two attached hydrogens (primary N) is 1. The van der Waals surface area contributed by atoms with Crippen LogP contribution in [-0.2, 0) is 4.74 Å². The van der Waals surface area contributed by atoms with Gasteiger partial charge in [0.1, 0.15) is 0 Å². The first kappa shape index (κ1) is 18.9. The van der Waals surface area contributed by atoms with Gasteiger partial charge in [-0.1, -0.05) is 6.92 Å². The second-order valence-electron chi connectivity index (χ2n) is 5.06. The SMILES string of the molecule is CCCN=C(N)NCCCN1CC(C)OC(C)C1.I. The Kier molecular flexibility index (Phi) is 10.6. The van der Waals surface area contributed by atoms with Gasteiger partial charge >= 0.3 is 0 Å². The first-order valence-electron chi connectivity index (χ1n) is 7.03. The summed E-state index contributed by atoms with van der Waals surface area (Å²) in [5, 5.41) is 3.15. The van der Waals surface area contributed by atoms with Gasteiger partial charge < -0.3 is 15.8 Å². The summed E-state index contributed by atoms with van der Waals surface area (Å²) in [6.07, 6.45) is 2.81. The topological polar surface area (TPSA) is 62.9 Å². The van der Waals surface area contributed by atoms with Crippen molar-refractivity contribution in [3.63, 3.8) is 0 Å². The number of nitrogens with one attached hydrogen (secondary N) is 1. The second kappa shape index (κ2) is 10.7. The number of morpholine rings is 1. The van der Waals surface area contributed by atoms with Crippen LogP contribution in [0.15, 0.2) is 4.99 Å². The van der Waals surface area contributed by atoms with E-state index < -0.39 is 0 Å². The molecule has 0 aromatic carbocycles. The Morgan fingerprint density at radius 2 is 2.00 bits per heavy atom. The van der Waals surface area contributed by atoms with Crippen LogP contribution < -0.4 is 11.1 Å². The summed E-state index contributed by atoms with van der Waals surface area (Å²) in [6.45, 7) is 11.2. The van der Waals surface area contributed by atoms with E-state index in [1.165, 1.54) is 0 Å². The molecule has 19 heavy (non-hydrogen) atoms. The lowest BCUT2D eigenvalue weighted by molar-refractivity contribution is -0.0679. The fourth-order valence-corrected chi connectivity index (χ4v) is 2.27. The molecular weight excluding hydrogens is 355 g/mol. The van der Waals surface area contributed by atoms with E-state index in [1.54, 1.807) is 0 Å². The van der Waals surface area contributed by atoms with Gasteiger partial charge in [0.2, 0.25) is 0 Å². The molecule has 1 rings (SSSR count). The van der Waals surface area contributed by atoms with E-state index in [-0.39, 0.29) is 24.0 Å². The van der Waals surface area contributed by atoms with Crippen molar-refractivity contribution >= 4 is 29.9 Å². The Morgan fingerprint density at radius 1 is 1.37 bits per heavy atom. The lowest BCUT2D eigenvalue weighted by Crippen LogP contribution is -2.46. The van der Waals surface area contributed by atoms with Gasteiger partial charge in [0.05, 0.1) is 12.2 Å². The molecule has 0 aromatic rings. The molecule has 1 aliphatic heterocycles. The van der Waals surface area contributed by atoms with Crippen LogP contribution >= 0.6 is 24.0 Å². The Balaban J connectivity index is 0.00000324. The third-order valence-electron chi connectivity index (χ3n) is 2.96. The molecule has 2 unspecified atom stereocenters. The molecule has 0 aromatic heterocycles. The predicted octanol–water partition coefficient (Wildman–Crippen LogP) is 1.42. The van der Waals surface area contributed by atoms with E-state index in [4.69, 9.17) is 10.5 Å². The number of aliphatic imine (C=N–C) groups is 1. The Morgan fingerprint density at radius 3 is 2.58 bits per heavy atom. The molecule has 0 aliphatic carbocycles. The van der Waals surface area contributed by atoms with Crippen molar-refractivity contribution in [3.8, 4) is 0 Å². The Hall–Kier alpha value is -0.0800. The van der Waals surface area contributed by atoms with Gasteiger partial charge in [-0.25, -0.2) is 0 Å². The van der Waals surface area contributed by atoms with Crippen molar-refractivity contribution < 1.29 is 4.74 Å². The van der Waals surface area contributed by atoms with Crippen LogP contribution in [0.1, 0.15) is 33.6 Å². The number of guanidine groups is 1. The molecule has 114 valence electrons. The summed E-state index contributed by atoms with van der Waals surface area (Å²) in [6, 6.07) is 0. The van der Waals surface area contributed by atoms with Crippen molar-refractivity contribution in [2.75, 3.05) is 32.7 Å². The van der Waals surface area contributed by atoms with Gasteiger partial charge in [-0.2, -0.15) is 0 Å². The third-order valence-corrected chi connectivity index (χ3v) is 2.96. The minimum Gasteiger partial charge on any atom is -0.373 e. The molecule has 5 nitrogen and oxygen atoms in total. The molecule has 0 spiro atoms. The van der Waals surface area contributed by atoms with E-state index >= 15 is 0 Å². The number of halogens is 1. The second-order valence-corrected chi connectivity index (χ2v) is 5.06. The van der Waals surface area contributed by atoms with E-state index in [0.717, 1.165) is 45.6 Å². The summed E-state index contributed by atoms with van der Waals surface area (Å²) < 4.78 is 5.71. The van der Waals surface area contributed by atoms with Gasteiger partial charge in [-0.05, 0) is 26.7 Å². The first-order chi connectivity index (χ1) is 8.61. The van der Waals surface area contributed by atoms with Crippen molar-refractivity contribution in [1.82, 2.24) is 10.2 Å². The van der Waals surface area contributed by atoms with Crippen LogP contribution in [0.2, 0.25) is 0 Å². The van der Waals surface area contributed by atoms with Crippen molar-refractivity contribution in [1.29, 1.82) is 0 Å². The zero-order valence-electron chi connectivity index (χ0n) is 12.4. The van der Waals surface area contributed by atoms with E-state index in [9.17, 15) is 0 Å². The largest absolute Gasteiger partial charge is 0.373 e. The quantitative estimate of drug-likeness (QED) is 0.315. The monoisotopic (exact) mass is 384 g/mol. The molecule has 1 saturated heterocycles. The molecule has 1 fully saturated rings. The fraction of sp³-hybridized carbons (Fsp3) is 0.923. The zero-order chi connectivity index (χ0) is 13.4. The average molecular weight is 384 g/mol. The van der Waals surface area contributed by atoms with Crippen LogP contribution in [0.4, 0.5) is 0 Å². The fourth-order valence-electron chi connectivity index (χ4n) is 2.27. The summed E-state index contributed by atoms with van der Waals surface area (Å²) in [7, 11) is 0. The zero-order valence-corrected chi connectivity index (χ0v) is 14.7. The highest BCUT2D eigenvalue weighted by Crippen LogP contribution is 2.10. The highest BCUT2D eigenvalue weighted by molar-refractivity contribution is 14.0. The predicted molar refractivity (Wildman–Crippen MR) is 91.3 cm³/mol. The summed E-state index contributed by atoms with van der Waals surface area (Å²) >= 11 is 0. The highest BCUT2D eigenvalue weighted by atomic mass is 127. The number of nitrogens with zero attached hydrogens (tertiary/aromatic N) is 2. The molecular formula is C13H29IN4O. The molecule has 6 heteroatoms. The summed E-state index contributed by atoms with van der Waals surface area (Å²) in [5.74, 6) is 0.570. The van der Waals surface area contributed by atoms with E-state index in [2.05, 4.69) is 36.0 Å². The van der Waals surface area contributed by atoms with Gasteiger partial charge in [0, 0.05) is 32.7 Å². The highest BCUT2D eigenvalue weighted by Gasteiger charge is 2.21. The molecule has 1 heterocycles. The minimum absolute atomic E-state index is 0. The molecule has 0 bridgehead atoms. The molecule has 0 saturated carbocycles. The van der Waals surface area contributed by atoms with Crippen LogP contribution in [0, 0.1) is 0 Å². The van der Waals surface area contributed by atoms with Gasteiger partial charge in [-0.15, -0.1) is 24.0 Å².